The molecule has 1 aromatic heterocycles. The molecule has 0 bridgehead atoms. The van der Waals surface area contributed by atoms with E-state index in [2.05, 4.69) is 22.1 Å². The fraction of sp³-hybridized carbons (Fsp3) is 0.167. The molecule has 0 amide bonds. The lowest BCUT2D eigenvalue weighted by molar-refractivity contribution is 1.02. The van der Waals surface area contributed by atoms with Crippen LogP contribution in [0.25, 0.3) is 0 Å². The molecule has 0 aliphatic rings. The Morgan fingerprint density at radius 2 is 1.94 bits per heavy atom. The highest BCUT2D eigenvalue weighted by Gasteiger charge is 2.08. The Kier molecular flexibility index (Phi) is 3.86. The Bertz CT molecular complexity index is 517. The molecule has 0 unspecified atom stereocenters. The summed E-state index contributed by atoms with van der Waals surface area (Å²) < 4.78 is 0. The van der Waals surface area contributed by atoms with Gasteiger partial charge in [-0.15, -0.1) is 0 Å². The van der Waals surface area contributed by atoms with Crippen molar-refractivity contribution in [3.05, 3.63) is 46.9 Å². The van der Waals surface area contributed by atoms with Crippen LogP contribution in [-0.2, 0) is 5.75 Å². The summed E-state index contributed by atoms with van der Waals surface area (Å²) in [5, 5.41) is 0.985. The zero-order valence-corrected chi connectivity index (χ0v) is 10.9. The van der Waals surface area contributed by atoms with Gasteiger partial charge in [-0.3, -0.25) is 0 Å². The molecule has 1 aromatic carbocycles. The summed E-state index contributed by atoms with van der Waals surface area (Å²) in [7, 11) is 0. The van der Waals surface area contributed by atoms with Gasteiger partial charge in [-0.1, -0.05) is 42.1 Å². The summed E-state index contributed by atoms with van der Waals surface area (Å²) in [6.45, 7) is 1.83. The topological polar surface area (TPSA) is 51.8 Å². The van der Waals surface area contributed by atoms with Crippen LogP contribution in [0.1, 0.15) is 11.3 Å². The summed E-state index contributed by atoms with van der Waals surface area (Å²) >= 11 is 7.38. The van der Waals surface area contributed by atoms with Gasteiger partial charge in [-0.05, 0) is 24.1 Å². The first-order valence-electron chi connectivity index (χ1n) is 5.13. The number of thioether (sulfide) groups is 1. The number of nitrogen functional groups attached to an aromatic ring is 1. The molecule has 3 nitrogen and oxygen atoms in total. The van der Waals surface area contributed by atoms with Crippen LogP contribution < -0.4 is 5.73 Å². The van der Waals surface area contributed by atoms with Crippen molar-refractivity contribution in [1.29, 1.82) is 0 Å². The summed E-state index contributed by atoms with van der Waals surface area (Å²) in [5.41, 5.74) is 8.47. The third-order valence-corrected chi connectivity index (χ3v) is 3.52. The van der Waals surface area contributed by atoms with Crippen molar-refractivity contribution in [2.75, 3.05) is 5.73 Å². The van der Waals surface area contributed by atoms with Crippen molar-refractivity contribution in [2.24, 2.45) is 0 Å². The van der Waals surface area contributed by atoms with E-state index in [1.165, 1.54) is 5.56 Å². The maximum Gasteiger partial charge on any atom is 0.223 e. The standard InChI is InChI=1S/C12H12ClN3S/c1-8-10(14)11(16-12(13)15-8)17-7-9-5-3-2-4-6-9/h2-6H,7,14H2,1H3. The number of aromatic nitrogens is 2. The zero-order valence-electron chi connectivity index (χ0n) is 9.35. The van der Waals surface area contributed by atoms with Crippen molar-refractivity contribution < 1.29 is 0 Å². The highest BCUT2D eigenvalue weighted by atomic mass is 35.5. The summed E-state index contributed by atoms with van der Waals surface area (Å²) in [4.78, 5) is 8.15. The number of aryl methyl sites for hydroxylation is 1. The molecular formula is C12H12ClN3S. The van der Waals surface area contributed by atoms with Gasteiger partial charge in [0.15, 0.2) is 0 Å². The molecule has 2 rings (SSSR count). The molecule has 5 heteroatoms. The van der Waals surface area contributed by atoms with E-state index in [0.717, 1.165) is 16.5 Å². The number of anilines is 1. The average Bonchev–Trinajstić information content (AvgIpc) is 2.33. The van der Waals surface area contributed by atoms with Crippen LogP contribution in [0.15, 0.2) is 35.4 Å². The van der Waals surface area contributed by atoms with E-state index in [1.54, 1.807) is 11.8 Å². The summed E-state index contributed by atoms with van der Waals surface area (Å²) in [5.74, 6) is 0.817. The van der Waals surface area contributed by atoms with E-state index in [1.807, 2.05) is 25.1 Å². The predicted molar refractivity (Wildman–Crippen MR) is 72.2 cm³/mol. The molecule has 0 saturated heterocycles. The minimum absolute atomic E-state index is 0.243. The zero-order chi connectivity index (χ0) is 12.3. The van der Waals surface area contributed by atoms with Gasteiger partial charge in [-0.2, -0.15) is 0 Å². The molecule has 0 aliphatic carbocycles. The third-order valence-electron chi connectivity index (χ3n) is 2.29. The van der Waals surface area contributed by atoms with Crippen LogP contribution in [0.2, 0.25) is 5.28 Å². The molecule has 0 radical (unpaired) electrons. The first-order chi connectivity index (χ1) is 8.16. The lowest BCUT2D eigenvalue weighted by Crippen LogP contribution is -1.99. The average molecular weight is 266 g/mol. The van der Waals surface area contributed by atoms with Crippen LogP contribution >= 0.6 is 23.4 Å². The Morgan fingerprint density at radius 3 is 2.65 bits per heavy atom. The Hall–Kier alpha value is -1.26. The number of hydrogen-bond donors (Lipinski definition) is 1. The van der Waals surface area contributed by atoms with Gasteiger partial charge in [0.2, 0.25) is 5.28 Å². The smallest absolute Gasteiger partial charge is 0.223 e. The van der Waals surface area contributed by atoms with Crippen LogP contribution in [0, 0.1) is 6.92 Å². The van der Waals surface area contributed by atoms with E-state index in [4.69, 9.17) is 17.3 Å². The monoisotopic (exact) mass is 265 g/mol. The number of halogens is 1. The van der Waals surface area contributed by atoms with E-state index >= 15 is 0 Å². The van der Waals surface area contributed by atoms with E-state index < -0.39 is 0 Å². The molecule has 0 aliphatic heterocycles. The molecule has 0 spiro atoms. The van der Waals surface area contributed by atoms with Crippen LogP contribution in [-0.4, -0.2) is 9.97 Å². The van der Waals surface area contributed by atoms with Gasteiger partial charge in [0.05, 0.1) is 11.4 Å². The van der Waals surface area contributed by atoms with Crippen molar-refractivity contribution in [2.45, 2.75) is 17.7 Å². The number of nitrogens with zero attached hydrogens (tertiary/aromatic N) is 2. The summed E-state index contributed by atoms with van der Waals surface area (Å²) in [6.07, 6.45) is 0. The first-order valence-corrected chi connectivity index (χ1v) is 6.49. The molecule has 0 saturated carbocycles. The fourth-order valence-electron chi connectivity index (χ4n) is 1.36. The Morgan fingerprint density at radius 1 is 1.24 bits per heavy atom. The molecule has 0 fully saturated rings. The number of benzene rings is 1. The van der Waals surface area contributed by atoms with Crippen molar-refractivity contribution >= 4 is 29.1 Å². The number of rotatable bonds is 3. The number of hydrogen-bond acceptors (Lipinski definition) is 4. The van der Waals surface area contributed by atoms with E-state index in [9.17, 15) is 0 Å². The molecule has 1 heterocycles. The normalized spacial score (nSPS) is 10.5. The maximum absolute atomic E-state index is 5.91. The lowest BCUT2D eigenvalue weighted by atomic mass is 10.2. The summed E-state index contributed by atoms with van der Waals surface area (Å²) in [6, 6.07) is 10.2. The lowest BCUT2D eigenvalue weighted by Gasteiger charge is -2.07. The van der Waals surface area contributed by atoms with Crippen LogP contribution in [0.4, 0.5) is 5.69 Å². The predicted octanol–water partition coefficient (Wildman–Crippen LogP) is 3.31. The van der Waals surface area contributed by atoms with Gasteiger partial charge in [-0.25, -0.2) is 9.97 Å². The Balaban J connectivity index is 2.14. The second-order valence-electron chi connectivity index (χ2n) is 3.57. The molecule has 2 N–H and O–H groups in total. The Labute approximate surface area is 109 Å². The van der Waals surface area contributed by atoms with Crippen LogP contribution in [0.5, 0.6) is 0 Å². The van der Waals surface area contributed by atoms with Gasteiger partial charge in [0, 0.05) is 5.75 Å². The minimum atomic E-state index is 0.243. The van der Waals surface area contributed by atoms with Gasteiger partial charge >= 0.3 is 0 Å². The quantitative estimate of drug-likeness (QED) is 0.526. The molecular weight excluding hydrogens is 254 g/mol. The molecule has 17 heavy (non-hydrogen) atoms. The molecule has 2 aromatic rings. The van der Waals surface area contributed by atoms with E-state index in [-0.39, 0.29) is 5.28 Å². The largest absolute Gasteiger partial charge is 0.395 e. The molecule has 0 atom stereocenters. The highest BCUT2D eigenvalue weighted by molar-refractivity contribution is 7.98. The van der Waals surface area contributed by atoms with Crippen LogP contribution in [0.3, 0.4) is 0 Å². The first kappa shape index (κ1) is 12.2. The SMILES string of the molecule is Cc1nc(Cl)nc(SCc2ccccc2)c1N. The fourth-order valence-corrected chi connectivity index (χ4v) is 2.57. The van der Waals surface area contributed by atoms with Gasteiger partial charge in [0.1, 0.15) is 5.03 Å². The van der Waals surface area contributed by atoms with E-state index in [0.29, 0.717) is 5.69 Å². The second kappa shape index (κ2) is 5.38. The van der Waals surface area contributed by atoms with Gasteiger partial charge < -0.3 is 5.73 Å². The van der Waals surface area contributed by atoms with Crippen molar-refractivity contribution in [3.63, 3.8) is 0 Å². The maximum atomic E-state index is 5.91. The van der Waals surface area contributed by atoms with Crippen molar-refractivity contribution in [3.8, 4) is 0 Å². The van der Waals surface area contributed by atoms with Gasteiger partial charge in [0.25, 0.3) is 0 Å². The second-order valence-corrected chi connectivity index (χ2v) is 4.87. The van der Waals surface area contributed by atoms with Crippen molar-refractivity contribution in [1.82, 2.24) is 9.97 Å². The third kappa shape index (κ3) is 3.11. The molecule has 88 valence electrons. The number of nitrogens with two attached hydrogens (primary N) is 1. The minimum Gasteiger partial charge on any atom is -0.395 e. The highest BCUT2D eigenvalue weighted by Crippen LogP contribution is 2.28.